The Kier molecular flexibility index (Phi) is 5.45. The van der Waals surface area contributed by atoms with Gasteiger partial charge in [0.15, 0.2) is 0 Å². The van der Waals surface area contributed by atoms with Crippen LogP contribution in [0.1, 0.15) is 23.2 Å². The molecule has 0 aliphatic rings. The van der Waals surface area contributed by atoms with Gasteiger partial charge in [0.2, 0.25) is 0 Å². The van der Waals surface area contributed by atoms with E-state index in [9.17, 15) is 4.39 Å². The second kappa shape index (κ2) is 7.11. The van der Waals surface area contributed by atoms with Crippen LogP contribution in [0, 0.1) is 12.7 Å². The van der Waals surface area contributed by atoms with E-state index in [4.69, 9.17) is 4.74 Å². The molecule has 0 amide bonds. The summed E-state index contributed by atoms with van der Waals surface area (Å²) in [4.78, 5) is 4.58. The average Bonchev–Trinajstić information content (AvgIpc) is 2.89. The van der Waals surface area contributed by atoms with Gasteiger partial charge in [-0.2, -0.15) is 0 Å². The zero-order chi connectivity index (χ0) is 15.3. The zero-order valence-corrected chi connectivity index (χ0v) is 13.5. The minimum Gasteiger partial charge on any atom is -0.383 e. The van der Waals surface area contributed by atoms with E-state index in [0.717, 1.165) is 10.7 Å². The molecule has 1 atom stereocenters. The van der Waals surface area contributed by atoms with E-state index >= 15 is 0 Å². The van der Waals surface area contributed by atoms with Crippen molar-refractivity contribution in [1.29, 1.82) is 0 Å². The number of hydrogen-bond donors (Lipinski definition) is 1. The fourth-order valence-corrected chi connectivity index (χ4v) is 3.21. The summed E-state index contributed by atoms with van der Waals surface area (Å²) >= 11 is 1.60. The molecule has 0 bridgehead atoms. The number of nitrogens with zero attached hydrogens (tertiary/aromatic N) is 1. The predicted molar refractivity (Wildman–Crippen MR) is 84.2 cm³/mol. The predicted octanol–water partition coefficient (Wildman–Crippen LogP) is 3.28. The second-order valence-electron chi connectivity index (χ2n) is 5.31. The minimum atomic E-state index is -0.403. The van der Waals surface area contributed by atoms with E-state index in [0.29, 0.717) is 25.1 Å². The molecule has 0 saturated heterocycles. The number of halogens is 1. The quantitative estimate of drug-likeness (QED) is 0.797. The van der Waals surface area contributed by atoms with Crippen LogP contribution in [0.15, 0.2) is 29.6 Å². The van der Waals surface area contributed by atoms with Crippen molar-refractivity contribution >= 4 is 11.3 Å². The lowest BCUT2D eigenvalue weighted by atomic mass is 9.93. The van der Waals surface area contributed by atoms with Crippen LogP contribution in [0.25, 0.3) is 0 Å². The smallest absolute Gasteiger partial charge is 0.126 e. The Morgan fingerprint density at radius 1 is 1.38 bits per heavy atom. The topological polar surface area (TPSA) is 34.1 Å². The molecular weight excluding hydrogens is 287 g/mol. The summed E-state index contributed by atoms with van der Waals surface area (Å²) in [6.45, 7) is 5.34. The molecule has 1 aromatic carbocycles. The van der Waals surface area contributed by atoms with Gasteiger partial charge >= 0.3 is 0 Å². The summed E-state index contributed by atoms with van der Waals surface area (Å²) in [5.41, 5.74) is 1.28. The first-order chi connectivity index (χ1) is 10.0. The number of aromatic nitrogens is 1. The van der Waals surface area contributed by atoms with Crippen LogP contribution in [0.4, 0.5) is 4.39 Å². The normalized spacial score (nSPS) is 14.1. The summed E-state index contributed by atoms with van der Waals surface area (Å²) in [5.74, 6) is -0.175. The van der Waals surface area contributed by atoms with Crippen molar-refractivity contribution in [3.8, 4) is 0 Å². The number of ether oxygens (including phenoxy) is 1. The molecule has 2 rings (SSSR count). The van der Waals surface area contributed by atoms with Crippen molar-refractivity contribution in [2.75, 3.05) is 20.3 Å². The van der Waals surface area contributed by atoms with Crippen LogP contribution >= 0.6 is 11.3 Å². The first kappa shape index (κ1) is 16.1. The van der Waals surface area contributed by atoms with Crippen molar-refractivity contribution in [2.45, 2.75) is 25.8 Å². The lowest BCUT2D eigenvalue weighted by Crippen LogP contribution is -2.43. The number of benzene rings is 1. The van der Waals surface area contributed by atoms with Crippen LogP contribution in [0.2, 0.25) is 0 Å². The van der Waals surface area contributed by atoms with Gasteiger partial charge in [-0.3, -0.25) is 0 Å². The molecule has 0 spiro atoms. The molecule has 1 heterocycles. The highest BCUT2D eigenvalue weighted by Gasteiger charge is 2.30. The maximum atomic E-state index is 14.0. The van der Waals surface area contributed by atoms with E-state index < -0.39 is 5.54 Å². The number of nitrogens with one attached hydrogen (secondary N) is 1. The molecule has 21 heavy (non-hydrogen) atoms. The van der Waals surface area contributed by atoms with Gasteiger partial charge in [-0.25, -0.2) is 9.37 Å². The molecule has 2 aromatic rings. The lowest BCUT2D eigenvalue weighted by molar-refractivity contribution is 0.185. The van der Waals surface area contributed by atoms with E-state index in [1.807, 2.05) is 24.4 Å². The molecule has 0 aliphatic heterocycles. The Morgan fingerprint density at radius 2 is 2.14 bits per heavy atom. The van der Waals surface area contributed by atoms with Crippen molar-refractivity contribution in [3.63, 3.8) is 0 Å². The first-order valence-corrected chi connectivity index (χ1v) is 7.83. The molecule has 1 unspecified atom stereocenters. The van der Waals surface area contributed by atoms with E-state index in [2.05, 4.69) is 17.2 Å². The standard InChI is InChI=1S/C16H21FN2OS/c1-12-11-21-15(19-12)16(2,18-8-9-20-3)10-13-6-4-5-7-14(13)17/h4-7,11,18H,8-10H2,1-3H3. The Balaban J connectivity index is 2.25. The minimum absolute atomic E-state index is 0.175. The van der Waals surface area contributed by atoms with Crippen LogP contribution in [0.3, 0.4) is 0 Å². The third-order valence-electron chi connectivity index (χ3n) is 3.41. The fraction of sp³-hybridized carbons (Fsp3) is 0.438. The van der Waals surface area contributed by atoms with Crippen molar-refractivity contribution in [2.24, 2.45) is 0 Å². The van der Waals surface area contributed by atoms with Crippen LogP contribution < -0.4 is 5.32 Å². The highest BCUT2D eigenvalue weighted by molar-refractivity contribution is 7.09. The first-order valence-electron chi connectivity index (χ1n) is 6.95. The van der Waals surface area contributed by atoms with E-state index in [-0.39, 0.29) is 5.82 Å². The van der Waals surface area contributed by atoms with E-state index in [1.54, 1.807) is 24.5 Å². The molecule has 0 aliphatic carbocycles. The van der Waals surface area contributed by atoms with Crippen LogP contribution in [0.5, 0.6) is 0 Å². The Labute approximate surface area is 129 Å². The molecular formula is C16H21FN2OS. The third kappa shape index (κ3) is 4.09. The number of methoxy groups -OCH3 is 1. The SMILES string of the molecule is COCCNC(C)(Cc1ccccc1F)c1nc(C)cs1. The van der Waals surface area contributed by atoms with Crippen molar-refractivity contribution < 1.29 is 9.13 Å². The highest BCUT2D eigenvalue weighted by Crippen LogP contribution is 2.29. The van der Waals surface area contributed by atoms with Gasteiger partial charge in [0, 0.05) is 24.7 Å². The fourth-order valence-electron chi connectivity index (χ4n) is 2.27. The lowest BCUT2D eigenvalue weighted by Gasteiger charge is -2.29. The summed E-state index contributed by atoms with van der Waals surface area (Å²) < 4.78 is 19.1. The second-order valence-corrected chi connectivity index (χ2v) is 6.17. The average molecular weight is 308 g/mol. The van der Waals surface area contributed by atoms with Crippen molar-refractivity contribution in [1.82, 2.24) is 10.3 Å². The molecule has 0 radical (unpaired) electrons. The molecule has 0 saturated carbocycles. The van der Waals surface area contributed by atoms with Gasteiger partial charge in [-0.05, 0) is 31.9 Å². The van der Waals surface area contributed by atoms with Gasteiger partial charge in [0.25, 0.3) is 0 Å². The Bertz CT molecular complexity index is 587. The van der Waals surface area contributed by atoms with Gasteiger partial charge in [0.05, 0.1) is 12.1 Å². The summed E-state index contributed by atoms with van der Waals surface area (Å²) in [7, 11) is 1.67. The summed E-state index contributed by atoms with van der Waals surface area (Å²) in [6, 6.07) is 6.90. The molecule has 1 N–H and O–H groups in total. The Hall–Kier alpha value is -1.30. The van der Waals surface area contributed by atoms with Gasteiger partial charge in [-0.15, -0.1) is 11.3 Å². The van der Waals surface area contributed by atoms with Crippen LogP contribution in [-0.4, -0.2) is 25.2 Å². The summed E-state index contributed by atoms with van der Waals surface area (Å²) in [5, 5.41) is 6.45. The number of thiazole rings is 1. The molecule has 1 aromatic heterocycles. The summed E-state index contributed by atoms with van der Waals surface area (Å²) in [6.07, 6.45) is 0.552. The largest absolute Gasteiger partial charge is 0.383 e. The molecule has 0 fully saturated rings. The van der Waals surface area contributed by atoms with Crippen LogP contribution in [-0.2, 0) is 16.7 Å². The van der Waals surface area contributed by atoms with Gasteiger partial charge in [-0.1, -0.05) is 18.2 Å². The van der Waals surface area contributed by atoms with E-state index in [1.165, 1.54) is 6.07 Å². The molecule has 5 heteroatoms. The maximum absolute atomic E-state index is 14.0. The maximum Gasteiger partial charge on any atom is 0.126 e. The number of rotatable bonds is 7. The zero-order valence-electron chi connectivity index (χ0n) is 12.6. The highest BCUT2D eigenvalue weighted by atomic mass is 32.1. The van der Waals surface area contributed by atoms with Gasteiger partial charge in [0.1, 0.15) is 10.8 Å². The van der Waals surface area contributed by atoms with Gasteiger partial charge < -0.3 is 10.1 Å². The number of aryl methyl sites for hydroxylation is 1. The Morgan fingerprint density at radius 3 is 2.76 bits per heavy atom. The molecule has 3 nitrogen and oxygen atoms in total. The molecule has 114 valence electrons. The third-order valence-corrected chi connectivity index (χ3v) is 4.64. The monoisotopic (exact) mass is 308 g/mol. The van der Waals surface area contributed by atoms with Crippen molar-refractivity contribution in [3.05, 3.63) is 51.7 Å². The number of hydrogen-bond acceptors (Lipinski definition) is 4.